The molecule has 0 bridgehead atoms. The minimum Gasteiger partial charge on any atom is -0.367 e. The molecule has 1 aliphatic carbocycles. The third-order valence-electron chi connectivity index (χ3n) is 6.31. The number of aromatic nitrogens is 1. The molecule has 0 spiro atoms. The molecule has 6 nitrogen and oxygen atoms in total. The molecule has 2 N–H and O–H groups in total. The first-order valence-corrected chi connectivity index (χ1v) is 10.8. The smallest absolute Gasteiger partial charge is 0.251 e. The Morgan fingerprint density at radius 3 is 2.67 bits per heavy atom. The average Bonchev–Trinajstić information content (AvgIpc) is 2.80. The molecule has 2 aromatic rings. The van der Waals surface area contributed by atoms with Crippen LogP contribution in [0.4, 0.5) is 0 Å². The van der Waals surface area contributed by atoms with Gasteiger partial charge in [-0.25, -0.2) is 0 Å². The van der Waals surface area contributed by atoms with E-state index in [4.69, 9.17) is 10.5 Å². The van der Waals surface area contributed by atoms with E-state index in [2.05, 4.69) is 4.98 Å². The van der Waals surface area contributed by atoms with Gasteiger partial charge in [0.2, 0.25) is 5.91 Å². The van der Waals surface area contributed by atoms with Gasteiger partial charge in [0, 0.05) is 31.3 Å². The maximum absolute atomic E-state index is 13.1. The van der Waals surface area contributed by atoms with Gasteiger partial charge in [-0.3, -0.25) is 14.6 Å². The molecule has 1 aliphatic heterocycles. The van der Waals surface area contributed by atoms with Crippen molar-refractivity contribution in [3.8, 4) is 11.1 Å². The van der Waals surface area contributed by atoms with Crippen LogP contribution in [0.2, 0.25) is 0 Å². The van der Waals surface area contributed by atoms with Crippen molar-refractivity contribution in [2.45, 2.75) is 44.1 Å². The first kappa shape index (κ1) is 20.5. The molecule has 158 valence electrons. The van der Waals surface area contributed by atoms with E-state index in [0.29, 0.717) is 19.6 Å². The van der Waals surface area contributed by atoms with Crippen molar-refractivity contribution in [3.05, 3.63) is 54.4 Å². The van der Waals surface area contributed by atoms with Crippen LogP contribution in [0.5, 0.6) is 0 Å². The predicted octanol–water partition coefficient (Wildman–Crippen LogP) is 2.95. The van der Waals surface area contributed by atoms with E-state index in [0.717, 1.165) is 42.4 Å². The van der Waals surface area contributed by atoms with E-state index >= 15 is 0 Å². The van der Waals surface area contributed by atoms with Gasteiger partial charge in [-0.2, -0.15) is 0 Å². The standard InChI is InChI=1S/C24H29N3O3/c25-23(29)24(15-18-6-4-9-20(14-18)21-10-5-11-26-16-21)17-27(12-13-30-24)22(28)19-7-2-1-3-8-19/h4-6,9-11,14,16,19H,1-3,7-8,12-13,15,17H2,(H2,25,29). The number of amides is 2. The van der Waals surface area contributed by atoms with Crippen molar-refractivity contribution < 1.29 is 14.3 Å². The minimum absolute atomic E-state index is 0.0661. The first-order chi connectivity index (χ1) is 14.6. The van der Waals surface area contributed by atoms with E-state index in [1.807, 2.05) is 42.6 Å². The Labute approximate surface area is 177 Å². The zero-order valence-corrected chi connectivity index (χ0v) is 17.3. The SMILES string of the molecule is NC(=O)C1(Cc2cccc(-c3cccnc3)c2)CN(C(=O)C2CCCCC2)CCO1. The van der Waals surface area contributed by atoms with Crippen LogP contribution in [-0.2, 0) is 20.7 Å². The van der Waals surface area contributed by atoms with Gasteiger partial charge in [-0.15, -0.1) is 0 Å². The van der Waals surface area contributed by atoms with Gasteiger partial charge in [0.1, 0.15) is 0 Å². The van der Waals surface area contributed by atoms with Gasteiger partial charge >= 0.3 is 0 Å². The fourth-order valence-electron chi connectivity index (χ4n) is 4.65. The number of nitrogens with two attached hydrogens (primary N) is 1. The summed E-state index contributed by atoms with van der Waals surface area (Å²) in [5.74, 6) is -0.306. The monoisotopic (exact) mass is 407 g/mol. The maximum atomic E-state index is 13.1. The topological polar surface area (TPSA) is 85.5 Å². The van der Waals surface area contributed by atoms with Gasteiger partial charge in [-0.05, 0) is 35.6 Å². The van der Waals surface area contributed by atoms with Crippen molar-refractivity contribution in [2.24, 2.45) is 11.7 Å². The number of rotatable bonds is 5. The van der Waals surface area contributed by atoms with Crippen LogP contribution in [0, 0.1) is 5.92 Å². The number of carbonyl (C=O) groups excluding carboxylic acids is 2. The molecule has 6 heteroatoms. The summed E-state index contributed by atoms with van der Waals surface area (Å²) in [4.78, 5) is 31.6. The average molecular weight is 408 g/mol. The van der Waals surface area contributed by atoms with Gasteiger partial charge in [0.15, 0.2) is 5.60 Å². The van der Waals surface area contributed by atoms with Crippen molar-refractivity contribution in [1.82, 2.24) is 9.88 Å². The molecule has 2 heterocycles. The third kappa shape index (κ3) is 4.38. The van der Waals surface area contributed by atoms with E-state index in [-0.39, 0.29) is 18.4 Å². The normalized spacial score (nSPS) is 22.6. The number of hydrogen-bond donors (Lipinski definition) is 1. The molecule has 4 rings (SSSR count). The van der Waals surface area contributed by atoms with Crippen LogP contribution in [-0.4, -0.2) is 47.0 Å². The maximum Gasteiger partial charge on any atom is 0.251 e. The third-order valence-corrected chi connectivity index (χ3v) is 6.31. The molecule has 2 fully saturated rings. The number of nitrogens with zero attached hydrogens (tertiary/aromatic N) is 2. The lowest BCUT2D eigenvalue weighted by Gasteiger charge is -2.42. The summed E-state index contributed by atoms with van der Waals surface area (Å²) >= 11 is 0. The number of carbonyl (C=O) groups is 2. The summed E-state index contributed by atoms with van der Waals surface area (Å²) in [6, 6.07) is 11.9. The summed E-state index contributed by atoms with van der Waals surface area (Å²) < 4.78 is 5.96. The number of primary amides is 1. The van der Waals surface area contributed by atoms with E-state index in [9.17, 15) is 9.59 Å². The highest BCUT2D eigenvalue weighted by Gasteiger charge is 2.44. The Morgan fingerprint density at radius 2 is 1.93 bits per heavy atom. The summed E-state index contributed by atoms with van der Waals surface area (Å²) in [6.45, 7) is 1.05. The fraction of sp³-hybridized carbons (Fsp3) is 0.458. The highest BCUT2D eigenvalue weighted by molar-refractivity contribution is 5.86. The molecule has 1 saturated heterocycles. The predicted molar refractivity (Wildman–Crippen MR) is 114 cm³/mol. The van der Waals surface area contributed by atoms with Gasteiger partial charge < -0.3 is 15.4 Å². The molecule has 1 unspecified atom stereocenters. The Balaban J connectivity index is 1.54. The van der Waals surface area contributed by atoms with Crippen LogP contribution in [0.1, 0.15) is 37.7 Å². The second-order valence-corrected chi connectivity index (χ2v) is 8.42. The minimum atomic E-state index is -1.20. The van der Waals surface area contributed by atoms with Crippen molar-refractivity contribution in [1.29, 1.82) is 0 Å². The quantitative estimate of drug-likeness (QED) is 0.826. The van der Waals surface area contributed by atoms with Crippen LogP contribution in [0.3, 0.4) is 0 Å². The lowest BCUT2D eigenvalue weighted by molar-refractivity contribution is -0.165. The largest absolute Gasteiger partial charge is 0.367 e. The number of ether oxygens (including phenoxy) is 1. The lowest BCUT2D eigenvalue weighted by atomic mass is 9.86. The number of hydrogen-bond acceptors (Lipinski definition) is 4. The summed E-state index contributed by atoms with van der Waals surface area (Å²) in [6.07, 6.45) is 9.16. The van der Waals surface area contributed by atoms with Crippen molar-refractivity contribution in [2.75, 3.05) is 19.7 Å². The van der Waals surface area contributed by atoms with Crippen molar-refractivity contribution >= 4 is 11.8 Å². The molecular formula is C24H29N3O3. The molecular weight excluding hydrogens is 378 g/mol. The number of benzene rings is 1. The Bertz CT molecular complexity index is 896. The molecule has 1 aromatic carbocycles. The fourth-order valence-corrected chi connectivity index (χ4v) is 4.65. The van der Waals surface area contributed by atoms with Gasteiger partial charge in [0.05, 0.1) is 13.2 Å². The highest BCUT2D eigenvalue weighted by Crippen LogP contribution is 2.30. The Morgan fingerprint density at radius 1 is 1.13 bits per heavy atom. The van der Waals surface area contributed by atoms with Crippen LogP contribution in [0.15, 0.2) is 48.8 Å². The molecule has 1 aromatic heterocycles. The second-order valence-electron chi connectivity index (χ2n) is 8.42. The molecule has 0 radical (unpaired) electrons. The summed E-state index contributed by atoms with van der Waals surface area (Å²) in [7, 11) is 0. The summed E-state index contributed by atoms with van der Waals surface area (Å²) in [5, 5.41) is 0. The zero-order chi connectivity index (χ0) is 21.0. The highest BCUT2D eigenvalue weighted by atomic mass is 16.5. The first-order valence-electron chi connectivity index (χ1n) is 10.8. The van der Waals surface area contributed by atoms with Crippen molar-refractivity contribution in [3.63, 3.8) is 0 Å². The van der Waals surface area contributed by atoms with Crippen LogP contribution < -0.4 is 5.73 Å². The van der Waals surface area contributed by atoms with Crippen LogP contribution in [0.25, 0.3) is 11.1 Å². The lowest BCUT2D eigenvalue weighted by Crippen LogP contribution is -2.61. The molecule has 2 aliphatic rings. The van der Waals surface area contributed by atoms with E-state index in [1.54, 1.807) is 11.1 Å². The van der Waals surface area contributed by atoms with Gasteiger partial charge in [-0.1, -0.05) is 49.6 Å². The molecule has 1 saturated carbocycles. The Kier molecular flexibility index (Phi) is 6.13. The van der Waals surface area contributed by atoms with Crippen LogP contribution >= 0.6 is 0 Å². The Hall–Kier alpha value is -2.73. The molecule has 30 heavy (non-hydrogen) atoms. The molecule has 1 atom stereocenters. The zero-order valence-electron chi connectivity index (χ0n) is 17.3. The second kappa shape index (κ2) is 8.96. The summed E-state index contributed by atoms with van der Waals surface area (Å²) in [5.41, 5.74) is 7.60. The van der Waals surface area contributed by atoms with E-state index < -0.39 is 11.5 Å². The van der Waals surface area contributed by atoms with E-state index in [1.165, 1.54) is 6.42 Å². The number of morpholine rings is 1. The number of pyridine rings is 1. The molecule has 2 amide bonds. The van der Waals surface area contributed by atoms with Gasteiger partial charge in [0.25, 0.3) is 5.91 Å².